The van der Waals surface area contributed by atoms with Gasteiger partial charge in [0.05, 0.1) is 11.8 Å². The van der Waals surface area contributed by atoms with Crippen LogP contribution in [0.15, 0.2) is 0 Å². The van der Waals surface area contributed by atoms with E-state index in [-0.39, 0.29) is 24.6 Å². The summed E-state index contributed by atoms with van der Waals surface area (Å²) < 4.78 is 32.1. The second-order valence-corrected chi connectivity index (χ2v) is 4.30. The normalized spacial score (nSPS) is 19.6. The Morgan fingerprint density at radius 3 is 1.33 bits per heavy atom. The van der Waals surface area contributed by atoms with E-state index in [0.29, 0.717) is 0 Å². The number of halogens is 6. The third kappa shape index (κ3) is 5.73. The van der Waals surface area contributed by atoms with Gasteiger partial charge in [0.1, 0.15) is 0 Å². The van der Waals surface area contributed by atoms with Crippen molar-refractivity contribution in [3.63, 3.8) is 0 Å². The summed E-state index contributed by atoms with van der Waals surface area (Å²) in [6, 6.07) is 0. The van der Waals surface area contributed by atoms with Crippen molar-refractivity contribution in [1.82, 2.24) is 0 Å². The van der Waals surface area contributed by atoms with Gasteiger partial charge in [-0.05, 0) is 0 Å². The van der Waals surface area contributed by atoms with Gasteiger partial charge in [0, 0.05) is 24.6 Å². The minimum Gasteiger partial charge on any atom is -0.306 e. The zero-order valence-corrected chi connectivity index (χ0v) is 10.9. The van der Waals surface area contributed by atoms with E-state index >= 15 is 0 Å². The summed E-state index contributed by atoms with van der Waals surface area (Å²) >= 11 is 21.4. The molecule has 0 aromatic heterocycles. The molecule has 0 saturated carbocycles. The first-order chi connectivity index (χ1) is 6.95. The van der Waals surface area contributed by atoms with Crippen LogP contribution in [0.3, 0.4) is 0 Å². The molecule has 0 rings (SSSR count). The zero-order valence-electron chi connectivity index (χ0n) is 7.92. The Labute approximate surface area is 108 Å². The maximum atomic E-state index is 13.7. The fourth-order valence-corrected chi connectivity index (χ4v) is 1.84. The Kier molecular flexibility index (Phi) is 7.81. The first kappa shape index (κ1) is 16.0. The van der Waals surface area contributed by atoms with Crippen molar-refractivity contribution in [2.75, 3.05) is 23.5 Å². The van der Waals surface area contributed by atoms with Crippen LogP contribution in [0.5, 0.6) is 0 Å². The van der Waals surface area contributed by atoms with E-state index in [1.54, 1.807) is 0 Å². The molecule has 0 fully saturated rings. The minimum absolute atomic E-state index is 0.0253. The van der Waals surface area contributed by atoms with Gasteiger partial charge >= 0.3 is 0 Å². The first-order valence-corrected chi connectivity index (χ1v) is 6.41. The van der Waals surface area contributed by atoms with Gasteiger partial charge in [0.15, 0.2) is 0 Å². The lowest BCUT2D eigenvalue weighted by Crippen LogP contribution is -2.42. The average molecular weight is 304 g/mol. The van der Waals surface area contributed by atoms with Gasteiger partial charge < -0.3 is 4.74 Å². The van der Waals surface area contributed by atoms with E-state index in [2.05, 4.69) is 4.74 Å². The monoisotopic (exact) mass is 302 g/mol. The summed E-state index contributed by atoms with van der Waals surface area (Å²) in [4.78, 5) is 0. The van der Waals surface area contributed by atoms with Gasteiger partial charge in [-0.1, -0.05) is 0 Å². The molecule has 15 heavy (non-hydrogen) atoms. The topological polar surface area (TPSA) is 9.23 Å². The standard InChI is InChI=1S/C8H12Cl4F2O/c9-3-1-7(13,5-11)15-8(14,6-12)2-4-10/h1-6H2. The van der Waals surface area contributed by atoms with Crippen LogP contribution in [0, 0.1) is 0 Å². The SMILES string of the molecule is FC(CCl)(CCCl)OC(F)(CCl)CCCl. The smallest absolute Gasteiger partial charge is 0.226 e. The summed E-state index contributed by atoms with van der Waals surface area (Å²) in [6.07, 6.45) is -0.411. The van der Waals surface area contributed by atoms with E-state index in [4.69, 9.17) is 46.4 Å². The van der Waals surface area contributed by atoms with Crippen LogP contribution in [0.25, 0.3) is 0 Å². The highest BCUT2D eigenvalue weighted by molar-refractivity contribution is 6.19. The lowest BCUT2D eigenvalue weighted by atomic mass is 10.2. The van der Waals surface area contributed by atoms with Crippen LogP contribution in [0.4, 0.5) is 8.78 Å². The molecule has 1 nitrogen and oxygen atoms in total. The number of hydrogen-bond donors (Lipinski definition) is 0. The van der Waals surface area contributed by atoms with Crippen molar-refractivity contribution < 1.29 is 13.5 Å². The summed E-state index contributed by atoms with van der Waals surface area (Å²) in [5, 5.41) is 0. The second kappa shape index (κ2) is 7.33. The molecular formula is C8H12Cl4F2O. The molecule has 0 aliphatic heterocycles. The lowest BCUT2D eigenvalue weighted by Gasteiger charge is -2.31. The fourth-order valence-electron chi connectivity index (χ4n) is 0.900. The summed E-state index contributed by atoms with van der Waals surface area (Å²) in [7, 11) is 0. The quantitative estimate of drug-likeness (QED) is 0.614. The van der Waals surface area contributed by atoms with Crippen molar-refractivity contribution in [3.05, 3.63) is 0 Å². The van der Waals surface area contributed by atoms with Gasteiger partial charge in [-0.3, -0.25) is 0 Å². The summed E-state index contributed by atoms with van der Waals surface area (Å²) in [5.41, 5.74) is 0. The third-order valence-corrected chi connectivity index (χ3v) is 2.88. The Bertz CT molecular complexity index is 168. The molecule has 0 heterocycles. The predicted molar refractivity (Wildman–Crippen MR) is 60.9 cm³/mol. The third-order valence-electron chi connectivity index (χ3n) is 1.70. The number of hydrogen-bond acceptors (Lipinski definition) is 1. The molecule has 2 atom stereocenters. The molecule has 0 saturated heterocycles. The summed E-state index contributed by atoms with van der Waals surface area (Å²) in [6.45, 7) is 0. The van der Waals surface area contributed by atoms with Crippen LogP contribution in [-0.4, -0.2) is 35.2 Å². The van der Waals surface area contributed by atoms with E-state index in [0.717, 1.165) is 0 Å². The molecule has 0 aliphatic rings. The van der Waals surface area contributed by atoms with Crippen molar-refractivity contribution >= 4 is 46.4 Å². The molecule has 0 N–H and O–H groups in total. The van der Waals surface area contributed by atoms with Gasteiger partial charge in [0.25, 0.3) is 0 Å². The molecule has 0 aromatic rings. The van der Waals surface area contributed by atoms with E-state index in [9.17, 15) is 8.78 Å². The van der Waals surface area contributed by atoms with Crippen LogP contribution in [0.1, 0.15) is 12.8 Å². The highest BCUT2D eigenvalue weighted by Gasteiger charge is 2.41. The lowest BCUT2D eigenvalue weighted by molar-refractivity contribution is -0.256. The van der Waals surface area contributed by atoms with Crippen molar-refractivity contribution in [2.24, 2.45) is 0 Å². The van der Waals surface area contributed by atoms with Crippen LogP contribution in [0.2, 0.25) is 0 Å². The molecule has 0 bridgehead atoms. The van der Waals surface area contributed by atoms with Crippen LogP contribution >= 0.6 is 46.4 Å². The van der Waals surface area contributed by atoms with Gasteiger partial charge in [-0.2, -0.15) is 0 Å². The van der Waals surface area contributed by atoms with E-state index in [1.165, 1.54) is 0 Å². The Morgan fingerprint density at radius 2 is 1.13 bits per heavy atom. The van der Waals surface area contributed by atoms with Crippen molar-refractivity contribution in [1.29, 1.82) is 0 Å². The highest BCUT2D eigenvalue weighted by Crippen LogP contribution is 2.32. The fraction of sp³-hybridized carbons (Fsp3) is 1.00. The summed E-state index contributed by atoms with van der Waals surface area (Å²) in [5.74, 6) is -5.68. The molecule has 0 spiro atoms. The average Bonchev–Trinajstić information content (AvgIpc) is 2.18. The molecule has 2 unspecified atom stereocenters. The Balaban J connectivity index is 4.47. The molecule has 0 radical (unpaired) electrons. The van der Waals surface area contributed by atoms with Crippen LogP contribution in [-0.2, 0) is 4.74 Å². The maximum Gasteiger partial charge on any atom is 0.226 e. The van der Waals surface area contributed by atoms with Crippen molar-refractivity contribution in [3.8, 4) is 0 Å². The van der Waals surface area contributed by atoms with Crippen LogP contribution < -0.4 is 0 Å². The molecule has 0 amide bonds. The molecular weight excluding hydrogens is 292 g/mol. The van der Waals surface area contributed by atoms with Gasteiger partial charge in [-0.15, -0.1) is 46.4 Å². The van der Waals surface area contributed by atoms with Gasteiger partial charge in [-0.25, -0.2) is 8.78 Å². The number of alkyl halides is 6. The van der Waals surface area contributed by atoms with E-state index < -0.39 is 23.5 Å². The molecule has 92 valence electrons. The minimum atomic E-state index is -2.31. The highest BCUT2D eigenvalue weighted by atomic mass is 35.5. The van der Waals surface area contributed by atoms with Gasteiger partial charge in [0.2, 0.25) is 11.7 Å². The molecule has 7 heteroatoms. The largest absolute Gasteiger partial charge is 0.306 e. The predicted octanol–water partition coefficient (Wildman–Crippen LogP) is 4.07. The Hall–Kier alpha value is 0.980. The first-order valence-electron chi connectivity index (χ1n) is 4.27. The molecule has 0 aliphatic carbocycles. The zero-order chi connectivity index (χ0) is 11.9. The Morgan fingerprint density at radius 1 is 0.800 bits per heavy atom. The number of ether oxygens (including phenoxy) is 1. The molecule has 0 aromatic carbocycles. The van der Waals surface area contributed by atoms with Crippen molar-refractivity contribution in [2.45, 2.75) is 24.6 Å². The maximum absolute atomic E-state index is 13.7. The number of rotatable bonds is 8. The van der Waals surface area contributed by atoms with E-state index in [1.807, 2.05) is 0 Å². The second-order valence-electron chi connectivity index (χ2n) is 3.01.